The van der Waals surface area contributed by atoms with E-state index < -0.39 is 11.9 Å². The Morgan fingerprint density at radius 2 is 1.92 bits per heavy atom. The highest BCUT2D eigenvalue weighted by molar-refractivity contribution is 7.80. The Bertz CT molecular complexity index is 820. The smallest absolute Gasteiger partial charge is 0.335 e. The van der Waals surface area contributed by atoms with Crippen LogP contribution in [0.15, 0.2) is 42.5 Å². The predicted octanol–water partition coefficient (Wildman–Crippen LogP) is 2.89. The van der Waals surface area contributed by atoms with Gasteiger partial charge in [-0.1, -0.05) is 23.8 Å². The largest absolute Gasteiger partial charge is 0.483 e. The molecule has 0 atom stereocenters. The molecule has 0 radical (unpaired) electrons. The summed E-state index contributed by atoms with van der Waals surface area (Å²) in [6.45, 7) is 3.70. The van der Waals surface area contributed by atoms with Gasteiger partial charge < -0.3 is 15.2 Å². The molecule has 2 aromatic rings. The van der Waals surface area contributed by atoms with Crippen LogP contribution in [0.4, 0.5) is 5.69 Å². The molecule has 0 aliphatic rings. The number of hydrogen-bond acceptors (Lipinski definition) is 4. The molecule has 0 aliphatic heterocycles. The Balaban J connectivity index is 1.86. The summed E-state index contributed by atoms with van der Waals surface area (Å²) in [5.41, 5.74) is 2.65. The molecule has 130 valence electrons. The highest BCUT2D eigenvalue weighted by atomic mass is 32.1. The van der Waals surface area contributed by atoms with Crippen LogP contribution in [0, 0.1) is 13.8 Å². The molecule has 0 aliphatic carbocycles. The zero-order valence-electron chi connectivity index (χ0n) is 13.8. The number of carbonyl (C=O) groups is 2. The van der Waals surface area contributed by atoms with Gasteiger partial charge in [0.15, 0.2) is 11.7 Å². The molecule has 2 rings (SSSR count). The van der Waals surface area contributed by atoms with E-state index in [9.17, 15) is 9.59 Å². The zero-order chi connectivity index (χ0) is 18.4. The maximum absolute atomic E-state index is 11.9. The van der Waals surface area contributed by atoms with E-state index in [1.807, 2.05) is 32.0 Å². The van der Waals surface area contributed by atoms with Crippen molar-refractivity contribution in [2.45, 2.75) is 13.8 Å². The first-order valence-electron chi connectivity index (χ1n) is 7.49. The first kappa shape index (κ1) is 18.4. The molecule has 0 unspecified atom stereocenters. The first-order valence-corrected chi connectivity index (χ1v) is 7.90. The quantitative estimate of drug-likeness (QED) is 0.713. The monoisotopic (exact) mass is 358 g/mol. The lowest BCUT2D eigenvalue weighted by Gasteiger charge is -2.12. The minimum absolute atomic E-state index is 0.0665. The minimum Gasteiger partial charge on any atom is -0.483 e. The number of anilines is 1. The molecule has 0 saturated carbocycles. The first-order chi connectivity index (χ1) is 11.8. The maximum Gasteiger partial charge on any atom is 0.335 e. The van der Waals surface area contributed by atoms with Crippen molar-refractivity contribution in [1.29, 1.82) is 0 Å². The number of hydrogen-bond donors (Lipinski definition) is 3. The molecule has 0 bridgehead atoms. The van der Waals surface area contributed by atoms with Crippen molar-refractivity contribution < 1.29 is 19.4 Å². The Morgan fingerprint density at radius 1 is 1.16 bits per heavy atom. The summed E-state index contributed by atoms with van der Waals surface area (Å²) in [6, 6.07) is 11.8. The fourth-order valence-electron chi connectivity index (χ4n) is 2.16. The van der Waals surface area contributed by atoms with Crippen molar-refractivity contribution in [3.05, 3.63) is 59.2 Å². The number of carboxylic acid groups (broad SMARTS) is 1. The average Bonchev–Trinajstić information content (AvgIpc) is 2.54. The topological polar surface area (TPSA) is 87.7 Å². The van der Waals surface area contributed by atoms with Crippen LogP contribution in [0.1, 0.15) is 21.5 Å². The Morgan fingerprint density at radius 3 is 2.60 bits per heavy atom. The van der Waals surface area contributed by atoms with Gasteiger partial charge in [0.2, 0.25) is 0 Å². The van der Waals surface area contributed by atoms with Crippen LogP contribution in [0.5, 0.6) is 5.75 Å². The second kappa shape index (κ2) is 8.25. The average molecular weight is 358 g/mol. The van der Waals surface area contributed by atoms with Crippen LogP contribution in [0.2, 0.25) is 0 Å². The van der Waals surface area contributed by atoms with Crippen molar-refractivity contribution in [1.82, 2.24) is 5.32 Å². The molecule has 0 heterocycles. The van der Waals surface area contributed by atoms with E-state index in [-0.39, 0.29) is 17.3 Å². The van der Waals surface area contributed by atoms with Crippen molar-refractivity contribution in [3.63, 3.8) is 0 Å². The number of carbonyl (C=O) groups excluding carboxylic acids is 1. The molecule has 25 heavy (non-hydrogen) atoms. The van der Waals surface area contributed by atoms with E-state index in [1.165, 1.54) is 12.1 Å². The van der Waals surface area contributed by atoms with E-state index in [1.54, 1.807) is 12.1 Å². The molecule has 0 saturated heterocycles. The Labute approximate surface area is 150 Å². The lowest BCUT2D eigenvalue weighted by atomic mass is 10.1. The summed E-state index contributed by atoms with van der Waals surface area (Å²) in [5.74, 6) is -0.818. The molecular weight excluding hydrogens is 340 g/mol. The van der Waals surface area contributed by atoms with Crippen LogP contribution in [-0.2, 0) is 4.79 Å². The number of nitrogens with one attached hydrogen (secondary N) is 2. The molecule has 0 fully saturated rings. The normalized spacial score (nSPS) is 10.0. The molecule has 3 N–H and O–H groups in total. The Kier molecular flexibility index (Phi) is 6.08. The van der Waals surface area contributed by atoms with Crippen LogP contribution < -0.4 is 15.4 Å². The number of aromatic carboxylic acids is 1. The van der Waals surface area contributed by atoms with Gasteiger partial charge in [-0.25, -0.2) is 4.79 Å². The molecule has 2 aromatic carbocycles. The third kappa shape index (κ3) is 5.58. The van der Waals surface area contributed by atoms with E-state index in [4.69, 9.17) is 22.1 Å². The molecule has 1 amide bonds. The predicted molar refractivity (Wildman–Crippen MR) is 99.2 cm³/mol. The number of benzene rings is 2. The molecule has 7 heteroatoms. The van der Waals surface area contributed by atoms with Gasteiger partial charge in [-0.2, -0.15) is 0 Å². The molecule has 6 nitrogen and oxygen atoms in total. The number of carboxylic acids is 1. The third-order valence-corrected chi connectivity index (χ3v) is 3.51. The highest BCUT2D eigenvalue weighted by Crippen LogP contribution is 2.18. The maximum atomic E-state index is 11.9. The van der Waals surface area contributed by atoms with Crippen LogP contribution >= 0.6 is 12.2 Å². The van der Waals surface area contributed by atoms with Gasteiger partial charge >= 0.3 is 5.97 Å². The van der Waals surface area contributed by atoms with E-state index in [0.717, 1.165) is 11.1 Å². The summed E-state index contributed by atoms with van der Waals surface area (Å²) >= 11 is 5.05. The van der Waals surface area contributed by atoms with Gasteiger partial charge in [0.05, 0.1) is 5.56 Å². The SMILES string of the molecule is Cc1ccc(OCC(=O)NC(=S)Nc2cccc(C(=O)O)c2)c(C)c1. The van der Waals surface area contributed by atoms with Crippen molar-refractivity contribution in [2.75, 3.05) is 11.9 Å². The van der Waals surface area contributed by atoms with Crippen LogP contribution in [0.3, 0.4) is 0 Å². The second-order valence-electron chi connectivity index (χ2n) is 5.45. The number of ether oxygens (including phenoxy) is 1. The lowest BCUT2D eigenvalue weighted by Crippen LogP contribution is -2.37. The minimum atomic E-state index is -1.04. The fraction of sp³-hybridized carbons (Fsp3) is 0.167. The van der Waals surface area contributed by atoms with E-state index in [2.05, 4.69) is 10.6 Å². The number of aryl methyl sites for hydroxylation is 2. The van der Waals surface area contributed by atoms with Gasteiger partial charge in [0, 0.05) is 5.69 Å². The summed E-state index contributed by atoms with van der Waals surface area (Å²) < 4.78 is 5.48. The Hall–Kier alpha value is -2.93. The third-order valence-electron chi connectivity index (χ3n) is 3.31. The summed E-state index contributed by atoms with van der Waals surface area (Å²) in [6.07, 6.45) is 0. The van der Waals surface area contributed by atoms with Crippen LogP contribution in [-0.4, -0.2) is 28.7 Å². The van der Waals surface area contributed by atoms with Crippen molar-refractivity contribution in [2.24, 2.45) is 0 Å². The van der Waals surface area contributed by atoms with Gasteiger partial charge in [-0.3, -0.25) is 10.1 Å². The number of rotatable bonds is 5. The van der Waals surface area contributed by atoms with Crippen LogP contribution in [0.25, 0.3) is 0 Å². The van der Waals surface area contributed by atoms with Gasteiger partial charge in [-0.05, 0) is 55.9 Å². The molecular formula is C18H18N2O4S. The highest BCUT2D eigenvalue weighted by Gasteiger charge is 2.09. The summed E-state index contributed by atoms with van der Waals surface area (Å²) in [5, 5.41) is 14.3. The lowest BCUT2D eigenvalue weighted by molar-refractivity contribution is -0.121. The number of thiocarbonyl (C=S) groups is 1. The molecule has 0 aromatic heterocycles. The van der Waals surface area contributed by atoms with E-state index in [0.29, 0.717) is 11.4 Å². The van der Waals surface area contributed by atoms with E-state index >= 15 is 0 Å². The fourth-order valence-corrected chi connectivity index (χ4v) is 2.39. The van der Waals surface area contributed by atoms with Gasteiger partial charge in [0.1, 0.15) is 5.75 Å². The second-order valence-corrected chi connectivity index (χ2v) is 5.85. The number of amides is 1. The van der Waals surface area contributed by atoms with Crippen molar-refractivity contribution >= 4 is 34.9 Å². The van der Waals surface area contributed by atoms with Crippen molar-refractivity contribution in [3.8, 4) is 5.75 Å². The molecule has 0 spiro atoms. The zero-order valence-corrected chi connectivity index (χ0v) is 14.6. The van der Waals surface area contributed by atoms with Gasteiger partial charge in [-0.15, -0.1) is 0 Å². The standard InChI is InChI=1S/C18H18N2O4S/c1-11-6-7-15(12(2)8-11)24-10-16(21)20-18(25)19-14-5-3-4-13(9-14)17(22)23/h3-9H,10H2,1-2H3,(H,22,23)(H2,19,20,21,25). The summed E-state index contributed by atoms with van der Waals surface area (Å²) in [4.78, 5) is 22.9. The summed E-state index contributed by atoms with van der Waals surface area (Å²) in [7, 11) is 0. The van der Waals surface area contributed by atoms with Gasteiger partial charge in [0.25, 0.3) is 5.91 Å².